The summed E-state index contributed by atoms with van der Waals surface area (Å²) in [7, 11) is 0. The number of piperidine rings is 1. The number of nitrogens with two attached hydrogens (primary N) is 1. The first kappa shape index (κ1) is 17.1. The van der Waals surface area contributed by atoms with Crippen LogP contribution in [0.2, 0.25) is 0 Å². The van der Waals surface area contributed by atoms with Crippen molar-refractivity contribution in [1.82, 2.24) is 20.1 Å². The van der Waals surface area contributed by atoms with E-state index in [1.807, 2.05) is 53.6 Å². The molecule has 0 radical (unpaired) electrons. The molecule has 0 saturated carbocycles. The fourth-order valence-corrected chi connectivity index (χ4v) is 3.55. The number of amides is 2. The van der Waals surface area contributed by atoms with E-state index in [1.165, 1.54) is 0 Å². The summed E-state index contributed by atoms with van der Waals surface area (Å²) in [6.07, 6.45) is 5.31. The number of aromatic nitrogens is 3. The van der Waals surface area contributed by atoms with E-state index >= 15 is 0 Å². The summed E-state index contributed by atoms with van der Waals surface area (Å²) in [5.41, 5.74) is 9.79. The van der Waals surface area contributed by atoms with E-state index < -0.39 is 0 Å². The molecule has 0 unspecified atom stereocenters. The van der Waals surface area contributed by atoms with Gasteiger partial charge in [0.2, 0.25) is 0 Å². The molecule has 4 N–H and O–H groups in total. The van der Waals surface area contributed by atoms with Gasteiger partial charge >= 0.3 is 6.03 Å². The number of nitrogen functional groups attached to an aromatic ring is 1. The molecular formula is C20H22N6O. The van der Waals surface area contributed by atoms with E-state index in [9.17, 15) is 4.79 Å². The zero-order valence-electron chi connectivity index (χ0n) is 14.9. The van der Waals surface area contributed by atoms with Crippen LogP contribution in [0.5, 0.6) is 0 Å². The van der Waals surface area contributed by atoms with Crippen LogP contribution in [0.1, 0.15) is 24.5 Å². The van der Waals surface area contributed by atoms with Crippen molar-refractivity contribution in [2.24, 2.45) is 0 Å². The van der Waals surface area contributed by atoms with E-state index in [0.717, 1.165) is 35.3 Å². The maximum absolute atomic E-state index is 12.5. The molecule has 0 bridgehead atoms. The number of para-hydroxylation sites is 1. The van der Waals surface area contributed by atoms with Gasteiger partial charge in [-0.1, -0.05) is 18.2 Å². The molecule has 4 rings (SSSR count). The zero-order valence-corrected chi connectivity index (χ0v) is 14.9. The Bertz CT molecular complexity index is 915. The third-order valence-electron chi connectivity index (χ3n) is 4.98. The van der Waals surface area contributed by atoms with Gasteiger partial charge in [-0.3, -0.25) is 5.10 Å². The average molecular weight is 362 g/mol. The molecule has 2 amide bonds. The second kappa shape index (κ2) is 7.49. The Kier molecular flexibility index (Phi) is 4.74. The monoisotopic (exact) mass is 362 g/mol. The second-order valence-electron chi connectivity index (χ2n) is 6.72. The van der Waals surface area contributed by atoms with Gasteiger partial charge in [-0.25, -0.2) is 9.78 Å². The Morgan fingerprint density at radius 1 is 1.19 bits per heavy atom. The Morgan fingerprint density at radius 3 is 2.70 bits per heavy atom. The Labute approximate surface area is 157 Å². The fraction of sp³-hybridized carbons (Fsp3) is 0.250. The molecule has 2 aromatic heterocycles. The van der Waals surface area contributed by atoms with Gasteiger partial charge in [0.05, 0.1) is 6.20 Å². The fourth-order valence-electron chi connectivity index (χ4n) is 3.55. The van der Waals surface area contributed by atoms with E-state index in [-0.39, 0.29) is 6.03 Å². The van der Waals surface area contributed by atoms with Crippen molar-refractivity contribution in [2.75, 3.05) is 24.1 Å². The highest BCUT2D eigenvalue weighted by Crippen LogP contribution is 2.34. The van der Waals surface area contributed by atoms with Crippen molar-refractivity contribution in [3.05, 3.63) is 60.6 Å². The molecule has 1 aliphatic heterocycles. The average Bonchev–Trinajstić information content (AvgIpc) is 3.19. The number of anilines is 2. The largest absolute Gasteiger partial charge is 0.384 e. The highest BCUT2D eigenvalue weighted by Gasteiger charge is 2.26. The normalized spacial score (nSPS) is 14.9. The summed E-state index contributed by atoms with van der Waals surface area (Å²) in [4.78, 5) is 18.4. The summed E-state index contributed by atoms with van der Waals surface area (Å²) in [6.45, 7) is 1.42. The minimum absolute atomic E-state index is 0.0496. The molecule has 0 spiro atoms. The van der Waals surface area contributed by atoms with Crippen molar-refractivity contribution >= 4 is 17.5 Å². The Morgan fingerprint density at radius 2 is 1.96 bits per heavy atom. The van der Waals surface area contributed by atoms with Crippen LogP contribution in [0, 0.1) is 0 Å². The van der Waals surface area contributed by atoms with Gasteiger partial charge < -0.3 is 16.0 Å². The van der Waals surface area contributed by atoms with Gasteiger partial charge in [0, 0.05) is 42.1 Å². The summed E-state index contributed by atoms with van der Waals surface area (Å²) in [5, 5.41) is 10.3. The van der Waals surface area contributed by atoms with Crippen LogP contribution in [-0.4, -0.2) is 39.2 Å². The Balaban J connectivity index is 1.42. The number of carbonyl (C=O) groups excluding carboxylic acids is 1. The number of H-pyrrole nitrogens is 1. The maximum Gasteiger partial charge on any atom is 0.321 e. The molecule has 0 aliphatic carbocycles. The smallest absolute Gasteiger partial charge is 0.321 e. The first-order valence-electron chi connectivity index (χ1n) is 9.07. The molecule has 1 saturated heterocycles. The number of nitrogens with zero attached hydrogens (tertiary/aromatic N) is 3. The van der Waals surface area contributed by atoms with E-state index in [2.05, 4.69) is 20.5 Å². The number of urea groups is 1. The first-order valence-corrected chi connectivity index (χ1v) is 9.07. The van der Waals surface area contributed by atoms with Crippen LogP contribution in [0.15, 0.2) is 54.9 Å². The number of carbonyl (C=O) groups is 1. The molecular weight excluding hydrogens is 340 g/mol. The molecule has 3 heterocycles. The van der Waals surface area contributed by atoms with Crippen LogP contribution in [0.25, 0.3) is 11.1 Å². The number of hydrogen-bond donors (Lipinski definition) is 3. The minimum atomic E-state index is -0.0496. The van der Waals surface area contributed by atoms with Crippen LogP contribution in [-0.2, 0) is 0 Å². The lowest BCUT2D eigenvalue weighted by atomic mass is 9.90. The second-order valence-corrected chi connectivity index (χ2v) is 6.72. The highest BCUT2D eigenvalue weighted by molar-refractivity contribution is 5.89. The van der Waals surface area contributed by atoms with Crippen LogP contribution >= 0.6 is 0 Å². The van der Waals surface area contributed by atoms with Gasteiger partial charge in [0.15, 0.2) is 0 Å². The predicted molar refractivity (Wildman–Crippen MR) is 105 cm³/mol. The predicted octanol–water partition coefficient (Wildman–Crippen LogP) is 3.47. The Hall–Kier alpha value is -3.35. The number of likely N-dealkylation sites (tertiary alicyclic amines) is 1. The van der Waals surface area contributed by atoms with Gasteiger partial charge in [-0.2, -0.15) is 5.10 Å². The van der Waals surface area contributed by atoms with Crippen molar-refractivity contribution in [3.8, 4) is 11.1 Å². The van der Waals surface area contributed by atoms with Crippen molar-refractivity contribution in [3.63, 3.8) is 0 Å². The van der Waals surface area contributed by atoms with Crippen LogP contribution in [0.3, 0.4) is 0 Å². The van der Waals surface area contributed by atoms with Gasteiger partial charge in [-0.15, -0.1) is 0 Å². The molecule has 27 heavy (non-hydrogen) atoms. The van der Waals surface area contributed by atoms with E-state index in [4.69, 9.17) is 5.73 Å². The van der Waals surface area contributed by atoms with Crippen molar-refractivity contribution < 1.29 is 4.79 Å². The molecule has 7 nitrogen and oxygen atoms in total. The number of rotatable bonds is 3. The summed E-state index contributed by atoms with van der Waals surface area (Å²) in [6, 6.07) is 13.3. The summed E-state index contributed by atoms with van der Waals surface area (Å²) >= 11 is 0. The molecule has 1 fully saturated rings. The molecule has 138 valence electrons. The number of nitrogens with one attached hydrogen (secondary N) is 2. The van der Waals surface area contributed by atoms with Crippen molar-refractivity contribution in [1.29, 1.82) is 0 Å². The highest BCUT2D eigenvalue weighted by atomic mass is 16.2. The standard InChI is InChI=1S/C20H22N6O/c21-18-12-15(6-9-22-18)17-13-23-25-19(17)14-7-10-26(11-8-14)20(27)24-16-4-2-1-3-5-16/h1-6,9,12-14H,7-8,10-11H2,(H2,21,22)(H,23,25)(H,24,27). The van der Waals surface area contributed by atoms with E-state index in [1.54, 1.807) is 6.20 Å². The lowest BCUT2D eigenvalue weighted by Crippen LogP contribution is -2.40. The number of hydrogen-bond acceptors (Lipinski definition) is 4. The molecule has 0 atom stereocenters. The van der Waals surface area contributed by atoms with Crippen molar-refractivity contribution in [2.45, 2.75) is 18.8 Å². The van der Waals surface area contributed by atoms with Gasteiger partial charge in [0.25, 0.3) is 0 Å². The minimum Gasteiger partial charge on any atom is -0.384 e. The quantitative estimate of drug-likeness (QED) is 0.664. The lowest BCUT2D eigenvalue weighted by molar-refractivity contribution is 0.194. The van der Waals surface area contributed by atoms with Crippen LogP contribution in [0.4, 0.5) is 16.3 Å². The molecule has 3 aromatic rings. The zero-order chi connectivity index (χ0) is 18.6. The third kappa shape index (κ3) is 3.76. The first-order chi connectivity index (χ1) is 13.2. The SMILES string of the molecule is Nc1cc(-c2cn[nH]c2C2CCN(C(=O)Nc3ccccc3)CC2)ccn1. The summed E-state index contributed by atoms with van der Waals surface area (Å²) < 4.78 is 0. The molecule has 7 heteroatoms. The lowest BCUT2D eigenvalue weighted by Gasteiger charge is -2.32. The van der Waals surface area contributed by atoms with E-state index in [0.29, 0.717) is 24.8 Å². The number of pyridine rings is 1. The topological polar surface area (TPSA) is 99.9 Å². The third-order valence-corrected chi connectivity index (χ3v) is 4.98. The summed E-state index contributed by atoms with van der Waals surface area (Å²) in [5.74, 6) is 0.824. The molecule has 1 aliphatic rings. The molecule has 1 aromatic carbocycles. The van der Waals surface area contributed by atoms with Gasteiger partial charge in [0.1, 0.15) is 5.82 Å². The van der Waals surface area contributed by atoms with Gasteiger partial charge in [-0.05, 0) is 42.7 Å². The number of aromatic amines is 1. The maximum atomic E-state index is 12.5. The van der Waals surface area contributed by atoms with Crippen LogP contribution < -0.4 is 11.1 Å². The number of benzene rings is 1.